The molecular formula is C18H25N5O2. The number of aryl methyl sites for hydroxylation is 1. The highest BCUT2D eigenvalue weighted by molar-refractivity contribution is 5.93. The van der Waals surface area contributed by atoms with Gasteiger partial charge in [-0.15, -0.1) is 0 Å². The monoisotopic (exact) mass is 343 g/mol. The maximum absolute atomic E-state index is 12.7. The van der Waals surface area contributed by atoms with Crippen molar-refractivity contribution in [2.75, 3.05) is 31.5 Å². The van der Waals surface area contributed by atoms with Crippen LogP contribution in [-0.2, 0) is 0 Å². The fraction of sp³-hybridized carbons (Fsp3) is 0.500. The Morgan fingerprint density at radius 1 is 1.36 bits per heavy atom. The summed E-state index contributed by atoms with van der Waals surface area (Å²) in [6.07, 6.45) is 1.01. The lowest BCUT2D eigenvalue weighted by Crippen LogP contribution is -2.39. The predicted molar refractivity (Wildman–Crippen MR) is 96.4 cm³/mol. The molecule has 2 aromatic rings. The summed E-state index contributed by atoms with van der Waals surface area (Å²) in [4.78, 5) is 21.2. The van der Waals surface area contributed by atoms with Gasteiger partial charge in [0.15, 0.2) is 0 Å². The Hall–Kier alpha value is -2.41. The van der Waals surface area contributed by atoms with Gasteiger partial charge in [-0.2, -0.15) is 4.98 Å². The topological polar surface area (TPSA) is 74.5 Å². The number of carbonyl (C=O) groups is 1. The Morgan fingerprint density at radius 2 is 2.12 bits per heavy atom. The number of anilines is 1. The van der Waals surface area contributed by atoms with Gasteiger partial charge in [-0.1, -0.05) is 31.1 Å². The first kappa shape index (κ1) is 17.4. The normalized spacial score (nSPS) is 17.3. The summed E-state index contributed by atoms with van der Waals surface area (Å²) in [5.74, 6) is 0.980. The standard InChI is InChI=1S/C18H25N5O2/c1-4-22(5-2)14-10-11-23(12-14)18(24)20-16-9-7-6-8-15(16)17-19-13(3)25-21-17/h6-9,14H,4-5,10-12H2,1-3H3,(H,20,24)/t14-/m0/s1. The fourth-order valence-corrected chi connectivity index (χ4v) is 3.35. The van der Waals surface area contributed by atoms with Gasteiger partial charge in [0.1, 0.15) is 0 Å². The van der Waals surface area contributed by atoms with Crippen LogP contribution in [0.15, 0.2) is 28.8 Å². The maximum Gasteiger partial charge on any atom is 0.321 e. The lowest BCUT2D eigenvalue weighted by atomic mass is 10.1. The Bertz CT molecular complexity index is 726. The van der Waals surface area contributed by atoms with Crippen LogP contribution in [0, 0.1) is 6.92 Å². The Morgan fingerprint density at radius 3 is 2.80 bits per heavy atom. The summed E-state index contributed by atoms with van der Waals surface area (Å²) in [5.41, 5.74) is 1.45. The van der Waals surface area contributed by atoms with Crippen LogP contribution in [0.25, 0.3) is 11.4 Å². The molecule has 2 amide bonds. The first-order valence-corrected chi connectivity index (χ1v) is 8.82. The molecule has 0 spiro atoms. The number of carbonyl (C=O) groups excluding carboxylic acids is 1. The van der Waals surface area contributed by atoms with E-state index >= 15 is 0 Å². The number of rotatable bonds is 5. The number of hydrogen-bond donors (Lipinski definition) is 1. The van der Waals surface area contributed by atoms with Crippen molar-refractivity contribution in [1.29, 1.82) is 0 Å². The lowest BCUT2D eigenvalue weighted by Gasteiger charge is -2.26. The third kappa shape index (κ3) is 3.82. The second-order valence-electron chi connectivity index (χ2n) is 6.22. The molecule has 2 heterocycles. The van der Waals surface area contributed by atoms with Crippen molar-refractivity contribution in [3.63, 3.8) is 0 Å². The van der Waals surface area contributed by atoms with E-state index in [9.17, 15) is 4.79 Å². The third-order valence-electron chi connectivity index (χ3n) is 4.72. The fourth-order valence-electron chi connectivity index (χ4n) is 3.35. The largest absolute Gasteiger partial charge is 0.339 e. The van der Waals surface area contributed by atoms with E-state index in [1.54, 1.807) is 6.92 Å². The van der Waals surface area contributed by atoms with E-state index in [4.69, 9.17) is 4.52 Å². The van der Waals surface area contributed by atoms with Crippen LogP contribution in [0.2, 0.25) is 0 Å². The molecule has 0 aliphatic carbocycles. The van der Waals surface area contributed by atoms with E-state index in [0.717, 1.165) is 38.2 Å². The van der Waals surface area contributed by atoms with Crippen molar-refractivity contribution in [3.05, 3.63) is 30.2 Å². The molecule has 0 saturated carbocycles. The molecule has 3 rings (SSSR count). The number of para-hydroxylation sites is 1. The Labute approximate surface area is 148 Å². The summed E-state index contributed by atoms with van der Waals surface area (Å²) in [7, 11) is 0. The summed E-state index contributed by atoms with van der Waals surface area (Å²) in [5, 5.41) is 6.95. The molecule has 1 aromatic heterocycles. The number of benzene rings is 1. The van der Waals surface area contributed by atoms with Gasteiger partial charge in [0.2, 0.25) is 11.7 Å². The number of nitrogens with one attached hydrogen (secondary N) is 1. The molecule has 0 bridgehead atoms. The molecule has 0 radical (unpaired) electrons. The average molecular weight is 343 g/mol. The highest BCUT2D eigenvalue weighted by atomic mass is 16.5. The zero-order valence-electron chi connectivity index (χ0n) is 15.0. The van der Waals surface area contributed by atoms with Crippen molar-refractivity contribution in [2.45, 2.75) is 33.2 Å². The summed E-state index contributed by atoms with van der Waals surface area (Å²) in [6.45, 7) is 9.63. The van der Waals surface area contributed by atoms with Crippen LogP contribution in [0.4, 0.5) is 10.5 Å². The lowest BCUT2D eigenvalue weighted by molar-refractivity contribution is 0.202. The summed E-state index contributed by atoms with van der Waals surface area (Å²) >= 11 is 0. The first-order chi connectivity index (χ1) is 12.1. The van der Waals surface area contributed by atoms with Gasteiger partial charge in [0.25, 0.3) is 0 Å². The zero-order chi connectivity index (χ0) is 17.8. The van der Waals surface area contributed by atoms with Crippen LogP contribution < -0.4 is 5.32 Å². The van der Waals surface area contributed by atoms with Crippen molar-refractivity contribution in [2.24, 2.45) is 0 Å². The second kappa shape index (κ2) is 7.65. The number of nitrogens with zero attached hydrogens (tertiary/aromatic N) is 4. The van der Waals surface area contributed by atoms with Gasteiger partial charge in [0.05, 0.1) is 5.69 Å². The number of urea groups is 1. The number of likely N-dealkylation sites (N-methyl/N-ethyl adjacent to an activating group) is 1. The van der Waals surface area contributed by atoms with Crippen LogP contribution in [-0.4, -0.2) is 58.2 Å². The minimum Gasteiger partial charge on any atom is -0.339 e. The highest BCUT2D eigenvalue weighted by Gasteiger charge is 2.29. The number of aromatic nitrogens is 2. The maximum atomic E-state index is 12.7. The quantitative estimate of drug-likeness (QED) is 0.903. The van der Waals surface area contributed by atoms with Gasteiger partial charge >= 0.3 is 6.03 Å². The minimum atomic E-state index is -0.0812. The van der Waals surface area contributed by atoms with E-state index in [1.807, 2.05) is 29.2 Å². The first-order valence-electron chi connectivity index (χ1n) is 8.82. The van der Waals surface area contributed by atoms with Gasteiger partial charge in [-0.3, -0.25) is 4.90 Å². The molecule has 1 aliphatic heterocycles. The number of hydrogen-bond acceptors (Lipinski definition) is 5. The molecule has 0 unspecified atom stereocenters. The van der Waals surface area contributed by atoms with E-state index < -0.39 is 0 Å². The summed E-state index contributed by atoms with van der Waals surface area (Å²) in [6, 6.07) is 7.87. The summed E-state index contributed by atoms with van der Waals surface area (Å²) < 4.78 is 5.05. The van der Waals surface area contributed by atoms with Crippen molar-refractivity contribution >= 4 is 11.7 Å². The molecular weight excluding hydrogens is 318 g/mol. The van der Waals surface area contributed by atoms with Crippen molar-refractivity contribution in [3.8, 4) is 11.4 Å². The molecule has 1 fully saturated rings. The van der Waals surface area contributed by atoms with E-state index in [1.165, 1.54) is 0 Å². The molecule has 25 heavy (non-hydrogen) atoms. The molecule has 7 heteroatoms. The van der Waals surface area contributed by atoms with Gasteiger partial charge in [-0.05, 0) is 31.6 Å². The van der Waals surface area contributed by atoms with Gasteiger partial charge in [-0.25, -0.2) is 4.79 Å². The molecule has 1 aromatic carbocycles. The Balaban J connectivity index is 1.70. The average Bonchev–Trinajstić information content (AvgIpc) is 3.26. The van der Waals surface area contributed by atoms with E-state index in [2.05, 4.69) is 34.2 Å². The van der Waals surface area contributed by atoms with E-state index in [0.29, 0.717) is 23.4 Å². The molecule has 7 nitrogen and oxygen atoms in total. The van der Waals surface area contributed by atoms with Crippen LogP contribution in [0.3, 0.4) is 0 Å². The highest BCUT2D eigenvalue weighted by Crippen LogP contribution is 2.26. The van der Waals surface area contributed by atoms with Gasteiger partial charge in [0, 0.05) is 31.6 Å². The van der Waals surface area contributed by atoms with Gasteiger partial charge < -0.3 is 14.7 Å². The second-order valence-corrected chi connectivity index (χ2v) is 6.22. The minimum absolute atomic E-state index is 0.0812. The Kier molecular flexibility index (Phi) is 5.33. The van der Waals surface area contributed by atoms with Crippen molar-refractivity contribution < 1.29 is 9.32 Å². The molecule has 1 saturated heterocycles. The van der Waals surface area contributed by atoms with Crippen LogP contribution in [0.1, 0.15) is 26.2 Å². The zero-order valence-corrected chi connectivity index (χ0v) is 15.0. The van der Waals surface area contributed by atoms with Crippen LogP contribution in [0.5, 0.6) is 0 Å². The number of amides is 2. The number of likely N-dealkylation sites (tertiary alicyclic amines) is 1. The predicted octanol–water partition coefficient (Wildman–Crippen LogP) is 2.99. The van der Waals surface area contributed by atoms with Crippen LogP contribution >= 0.6 is 0 Å². The van der Waals surface area contributed by atoms with Crippen molar-refractivity contribution in [1.82, 2.24) is 19.9 Å². The molecule has 1 aliphatic rings. The smallest absolute Gasteiger partial charge is 0.321 e. The molecule has 1 atom stereocenters. The third-order valence-corrected chi connectivity index (χ3v) is 4.72. The van der Waals surface area contributed by atoms with E-state index in [-0.39, 0.29) is 6.03 Å². The SMILES string of the molecule is CCN(CC)[C@H]1CCN(C(=O)Nc2ccccc2-c2noc(C)n2)C1. The molecule has 134 valence electrons. The molecule has 1 N–H and O–H groups in total.